The van der Waals surface area contributed by atoms with Crippen molar-refractivity contribution in [2.45, 2.75) is 43.4 Å². The summed E-state index contributed by atoms with van der Waals surface area (Å²) in [5.41, 5.74) is 2.55. The number of amides is 1. The van der Waals surface area contributed by atoms with Crippen LogP contribution in [0.3, 0.4) is 0 Å². The van der Waals surface area contributed by atoms with Gasteiger partial charge in [-0.2, -0.15) is 8.42 Å². The molecule has 1 aliphatic carbocycles. The molecule has 1 radical (unpaired) electrons. The second-order valence-corrected chi connectivity index (χ2v) is 10.1. The van der Waals surface area contributed by atoms with E-state index in [9.17, 15) is 17.1 Å². The third kappa shape index (κ3) is 10.1. The van der Waals surface area contributed by atoms with Crippen molar-refractivity contribution in [2.75, 3.05) is 38.3 Å². The van der Waals surface area contributed by atoms with E-state index in [1.807, 2.05) is 29.2 Å². The fourth-order valence-corrected chi connectivity index (χ4v) is 4.76. The number of hydrogen-bond acceptors (Lipinski definition) is 6. The Bertz CT molecular complexity index is 1060. The minimum absolute atomic E-state index is 0. The number of hydrogen-bond donors (Lipinski definition) is 2. The van der Waals surface area contributed by atoms with E-state index in [1.165, 1.54) is 44.2 Å². The van der Waals surface area contributed by atoms with Gasteiger partial charge >= 0.3 is 10.2 Å². The zero-order valence-electron chi connectivity index (χ0n) is 20.3. The maximum Gasteiger partial charge on any atom is 0.332 e. The summed E-state index contributed by atoms with van der Waals surface area (Å²) >= 11 is 0. The molecule has 0 atom stereocenters. The fourth-order valence-electron chi connectivity index (χ4n) is 4.25. The smallest absolute Gasteiger partial charge is 0.332 e. The van der Waals surface area contributed by atoms with Gasteiger partial charge in [-0.3, -0.25) is 15.5 Å². The van der Waals surface area contributed by atoms with Crippen LogP contribution < -0.4 is 10.2 Å². The van der Waals surface area contributed by atoms with Crippen LogP contribution in [0.5, 0.6) is 5.75 Å². The predicted molar refractivity (Wildman–Crippen MR) is 132 cm³/mol. The standard InChI is InChI=1S/C19H27N2O2.C6H6FNO3S.Y/c22-19(21-12-10-20-11-13-21)17-7-4-8-18(15-17)23-14-9-16-5-2-1-3-6-16;7-12(10,11)6-3-1-2-5(4-6)8-9;/h4,7-8,15-16H,1-3,5-6,9-14H2;1-4,8-9H;/q-1;;. The minimum Gasteiger partial charge on any atom is -0.659 e. The molecule has 2 aromatic carbocycles. The molecule has 0 aromatic heterocycles. The van der Waals surface area contributed by atoms with E-state index in [0.717, 1.165) is 68.6 Å². The summed E-state index contributed by atoms with van der Waals surface area (Å²) < 4.78 is 38.8. The summed E-state index contributed by atoms with van der Waals surface area (Å²) in [6.45, 7) is 3.72. The summed E-state index contributed by atoms with van der Waals surface area (Å²) in [5.74, 6) is 1.73. The molecule has 36 heavy (non-hydrogen) atoms. The van der Waals surface area contributed by atoms with E-state index >= 15 is 0 Å². The van der Waals surface area contributed by atoms with E-state index in [1.54, 1.807) is 5.48 Å². The number of piperazine rings is 1. The number of nitrogens with one attached hydrogen (secondary N) is 1. The first-order valence-corrected chi connectivity index (χ1v) is 13.4. The fraction of sp³-hybridized carbons (Fsp3) is 0.480. The number of carbonyl (C=O) groups is 1. The molecule has 1 aliphatic heterocycles. The Balaban J connectivity index is 0.000000299. The molecule has 0 unspecified atom stereocenters. The predicted octanol–water partition coefficient (Wildman–Crippen LogP) is 5.01. The molecular weight excluding hydrogens is 562 g/mol. The van der Waals surface area contributed by atoms with E-state index < -0.39 is 15.1 Å². The van der Waals surface area contributed by atoms with E-state index in [4.69, 9.17) is 9.94 Å². The first kappa shape index (κ1) is 30.6. The molecular formula is C25H33FN3O5SY-. The normalized spacial score (nSPS) is 16.2. The molecule has 2 aliphatic rings. The van der Waals surface area contributed by atoms with Crippen molar-refractivity contribution >= 4 is 21.8 Å². The van der Waals surface area contributed by atoms with Crippen LogP contribution in [0.25, 0.3) is 5.32 Å². The average molecular weight is 596 g/mol. The van der Waals surface area contributed by atoms with E-state index in [-0.39, 0.29) is 44.3 Å². The Kier molecular flexibility index (Phi) is 13.3. The SMILES string of the molecule is O=C(c1cccc(OCCC2CCCCC2)c1)N1CC[N-]CC1.O=S(=O)(F)c1cccc(NO)c1.[Y]. The van der Waals surface area contributed by atoms with Crippen molar-refractivity contribution in [3.8, 4) is 5.75 Å². The van der Waals surface area contributed by atoms with Crippen LogP contribution in [-0.2, 0) is 42.9 Å². The number of ether oxygens (including phenoxy) is 1. The van der Waals surface area contributed by atoms with E-state index in [0.29, 0.717) is 0 Å². The molecule has 1 heterocycles. The van der Waals surface area contributed by atoms with Gasteiger partial charge in [-0.1, -0.05) is 44.2 Å². The molecule has 0 spiro atoms. The number of rotatable bonds is 7. The molecule has 0 bridgehead atoms. The Labute approximate surface area is 238 Å². The van der Waals surface area contributed by atoms with Crippen molar-refractivity contribution < 1.29 is 59.8 Å². The summed E-state index contributed by atoms with van der Waals surface area (Å²) in [6, 6.07) is 12.4. The molecule has 4 rings (SSSR count). The second kappa shape index (κ2) is 15.6. The largest absolute Gasteiger partial charge is 0.659 e. The minimum atomic E-state index is -4.69. The first-order valence-electron chi connectivity index (χ1n) is 12.0. The number of nitrogens with zero attached hydrogens (tertiary/aromatic N) is 2. The summed E-state index contributed by atoms with van der Waals surface area (Å²) in [5, 5.41) is 12.6. The molecule has 1 amide bonds. The zero-order chi connectivity index (χ0) is 25.1. The van der Waals surface area contributed by atoms with Crippen LogP contribution in [0.1, 0.15) is 48.9 Å². The molecule has 11 heteroatoms. The number of halogens is 1. The van der Waals surface area contributed by atoms with Crippen LogP contribution in [0.15, 0.2) is 53.4 Å². The van der Waals surface area contributed by atoms with E-state index in [2.05, 4.69) is 5.32 Å². The van der Waals surface area contributed by atoms with Crippen LogP contribution in [0.2, 0.25) is 0 Å². The number of benzene rings is 2. The molecule has 2 fully saturated rings. The van der Waals surface area contributed by atoms with Gasteiger partial charge in [0.1, 0.15) is 10.6 Å². The number of anilines is 1. The van der Waals surface area contributed by atoms with Crippen LogP contribution >= 0.6 is 0 Å². The second-order valence-electron chi connectivity index (χ2n) is 8.71. The van der Waals surface area contributed by atoms with Crippen LogP contribution in [-0.4, -0.2) is 57.2 Å². The topological polar surface area (TPSA) is 110 Å². The molecule has 2 N–H and O–H groups in total. The van der Waals surface area contributed by atoms with Crippen molar-refractivity contribution in [1.29, 1.82) is 0 Å². The van der Waals surface area contributed by atoms with Crippen LogP contribution in [0, 0.1) is 5.92 Å². The van der Waals surface area contributed by atoms with Gasteiger partial charge in [-0.15, -0.1) is 17.0 Å². The van der Waals surface area contributed by atoms with Gasteiger partial charge < -0.3 is 15.0 Å². The molecule has 195 valence electrons. The monoisotopic (exact) mass is 595 g/mol. The Morgan fingerprint density at radius 3 is 2.44 bits per heavy atom. The molecule has 2 aromatic rings. The van der Waals surface area contributed by atoms with Crippen molar-refractivity contribution in [1.82, 2.24) is 4.90 Å². The summed E-state index contributed by atoms with van der Waals surface area (Å²) in [6.07, 6.45) is 7.97. The molecule has 1 saturated heterocycles. The summed E-state index contributed by atoms with van der Waals surface area (Å²) in [7, 11) is -4.69. The maximum absolute atomic E-state index is 12.5. The Hall–Kier alpha value is -1.59. The van der Waals surface area contributed by atoms with Gasteiger partial charge in [0.2, 0.25) is 0 Å². The molecule has 8 nitrogen and oxygen atoms in total. The quantitative estimate of drug-likeness (QED) is 0.344. The van der Waals surface area contributed by atoms with Gasteiger partial charge in [-0.05, 0) is 48.7 Å². The third-order valence-corrected chi connectivity index (χ3v) is 7.01. The van der Waals surface area contributed by atoms with Crippen molar-refractivity contribution in [3.05, 3.63) is 59.4 Å². The van der Waals surface area contributed by atoms with Crippen LogP contribution in [0.4, 0.5) is 9.57 Å². The van der Waals surface area contributed by atoms with Gasteiger partial charge in [-0.25, -0.2) is 0 Å². The first-order chi connectivity index (χ1) is 16.9. The zero-order valence-corrected chi connectivity index (χ0v) is 24.0. The van der Waals surface area contributed by atoms with Gasteiger partial charge in [0.25, 0.3) is 5.91 Å². The maximum atomic E-state index is 12.5. The molecule has 1 saturated carbocycles. The van der Waals surface area contributed by atoms with Crippen molar-refractivity contribution in [3.63, 3.8) is 0 Å². The van der Waals surface area contributed by atoms with Gasteiger partial charge in [0, 0.05) is 51.4 Å². The van der Waals surface area contributed by atoms with Gasteiger partial charge in [0.15, 0.2) is 0 Å². The summed E-state index contributed by atoms with van der Waals surface area (Å²) in [4.78, 5) is 13.9. The van der Waals surface area contributed by atoms with Gasteiger partial charge in [0.05, 0.1) is 12.3 Å². The third-order valence-electron chi connectivity index (χ3n) is 6.19. The number of carbonyl (C=O) groups excluding carboxylic acids is 1. The average Bonchev–Trinajstić information content (AvgIpc) is 2.89. The Morgan fingerprint density at radius 1 is 1.08 bits per heavy atom. The van der Waals surface area contributed by atoms with Crippen molar-refractivity contribution in [2.24, 2.45) is 5.92 Å². The Morgan fingerprint density at radius 2 is 1.78 bits per heavy atom.